The number of nitrogens with one attached hydrogen (secondary N) is 1. The van der Waals surface area contributed by atoms with Gasteiger partial charge >= 0.3 is 0 Å². The second-order valence-electron chi connectivity index (χ2n) is 7.41. The Balaban J connectivity index is 1.39. The van der Waals surface area contributed by atoms with E-state index in [1.807, 2.05) is 37.3 Å². The zero-order valence-electron chi connectivity index (χ0n) is 17.1. The third-order valence-corrected chi connectivity index (χ3v) is 5.28. The van der Waals surface area contributed by atoms with Crippen molar-refractivity contribution in [1.82, 2.24) is 9.78 Å². The lowest BCUT2D eigenvalue weighted by Gasteiger charge is -2.15. The number of anilines is 2. The van der Waals surface area contributed by atoms with E-state index in [4.69, 9.17) is 0 Å². The number of hydrogen-bond donors (Lipinski definition) is 1. The Bertz CT molecular complexity index is 1340. The second-order valence-corrected chi connectivity index (χ2v) is 7.41. The van der Waals surface area contributed by atoms with Crippen LogP contribution in [0.2, 0.25) is 0 Å². The van der Waals surface area contributed by atoms with Crippen molar-refractivity contribution in [3.05, 3.63) is 107 Å². The Morgan fingerprint density at radius 2 is 1.41 bits per heavy atom. The molecule has 1 aliphatic heterocycles. The molecule has 0 bridgehead atoms. The Hall–Kier alpha value is -4.52. The molecule has 0 spiro atoms. The van der Waals surface area contributed by atoms with Crippen LogP contribution >= 0.6 is 0 Å². The summed E-state index contributed by atoms with van der Waals surface area (Å²) in [7, 11) is 0. The maximum absolute atomic E-state index is 12.8. The van der Waals surface area contributed by atoms with Gasteiger partial charge in [-0.15, -0.1) is 0 Å². The summed E-state index contributed by atoms with van der Waals surface area (Å²) in [5.74, 6) is -1.15. The molecule has 0 radical (unpaired) electrons. The van der Waals surface area contributed by atoms with Gasteiger partial charge in [0.15, 0.2) is 5.69 Å². The Labute approximate surface area is 183 Å². The number of carbonyl (C=O) groups excluding carboxylic acids is 3. The van der Waals surface area contributed by atoms with Gasteiger partial charge in [0.2, 0.25) is 0 Å². The first kappa shape index (κ1) is 19.4. The number of hydrogen-bond acceptors (Lipinski definition) is 4. The first-order valence-electron chi connectivity index (χ1n) is 10.0. The topological polar surface area (TPSA) is 84.3 Å². The molecule has 7 nitrogen and oxygen atoms in total. The molecule has 1 N–H and O–H groups in total. The van der Waals surface area contributed by atoms with E-state index in [1.165, 1.54) is 0 Å². The molecule has 0 saturated heterocycles. The number of rotatable bonds is 4. The van der Waals surface area contributed by atoms with Gasteiger partial charge in [-0.25, -0.2) is 9.58 Å². The maximum atomic E-state index is 12.8. The minimum absolute atomic E-state index is 0.262. The lowest BCUT2D eigenvalue weighted by Crippen LogP contribution is -2.29. The third kappa shape index (κ3) is 3.26. The largest absolute Gasteiger partial charge is 0.321 e. The van der Waals surface area contributed by atoms with Gasteiger partial charge in [-0.1, -0.05) is 36.4 Å². The Morgan fingerprint density at radius 1 is 0.781 bits per heavy atom. The van der Waals surface area contributed by atoms with Crippen LogP contribution in [0.4, 0.5) is 11.4 Å². The lowest BCUT2D eigenvalue weighted by molar-refractivity contribution is 0.0925. The summed E-state index contributed by atoms with van der Waals surface area (Å²) in [4.78, 5) is 39.4. The molecule has 1 aromatic heterocycles. The number of imide groups is 1. The van der Waals surface area contributed by atoms with E-state index >= 15 is 0 Å². The number of fused-ring (bicyclic) bond motifs is 1. The van der Waals surface area contributed by atoms with Gasteiger partial charge in [-0.05, 0) is 55.5 Å². The van der Waals surface area contributed by atoms with E-state index in [0.717, 1.165) is 16.3 Å². The Kier molecular flexibility index (Phi) is 4.63. The first-order valence-corrected chi connectivity index (χ1v) is 10.0. The predicted octanol–water partition coefficient (Wildman–Crippen LogP) is 4.23. The average Bonchev–Trinajstić information content (AvgIpc) is 3.32. The summed E-state index contributed by atoms with van der Waals surface area (Å²) in [6.45, 7) is 1.87. The summed E-state index contributed by atoms with van der Waals surface area (Å²) >= 11 is 0. The van der Waals surface area contributed by atoms with Crippen molar-refractivity contribution >= 4 is 29.1 Å². The number of amides is 3. The van der Waals surface area contributed by atoms with Crippen LogP contribution in [-0.2, 0) is 0 Å². The van der Waals surface area contributed by atoms with Crippen molar-refractivity contribution in [3.63, 3.8) is 0 Å². The Morgan fingerprint density at radius 3 is 2.09 bits per heavy atom. The van der Waals surface area contributed by atoms with Crippen molar-refractivity contribution in [1.29, 1.82) is 0 Å². The monoisotopic (exact) mass is 422 g/mol. The van der Waals surface area contributed by atoms with Crippen LogP contribution in [0.5, 0.6) is 0 Å². The van der Waals surface area contributed by atoms with Crippen molar-refractivity contribution < 1.29 is 14.4 Å². The zero-order valence-corrected chi connectivity index (χ0v) is 17.1. The van der Waals surface area contributed by atoms with Crippen LogP contribution in [0.25, 0.3) is 5.69 Å². The van der Waals surface area contributed by atoms with Crippen LogP contribution < -0.4 is 10.2 Å². The fourth-order valence-electron chi connectivity index (χ4n) is 3.76. The van der Waals surface area contributed by atoms with Gasteiger partial charge < -0.3 is 5.32 Å². The normalized spacial score (nSPS) is 12.7. The molecule has 5 rings (SSSR count). The van der Waals surface area contributed by atoms with Crippen LogP contribution in [0.3, 0.4) is 0 Å². The van der Waals surface area contributed by atoms with Crippen molar-refractivity contribution in [2.24, 2.45) is 0 Å². The first-order chi connectivity index (χ1) is 15.5. The molecule has 0 aliphatic carbocycles. The predicted molar refractivity (Wildman–Crippen MR) is 120 cm³/mol. The highest BCUT2D eigenvalue weighted by Crippen LogP contribution is 2.29. The van der Waals surface area contributed by atoms with Crippen LogP contribution in [0.1, 0.15) is 36.9 Å². The smallest absolute Gasteiger partial charge is 0.276 e. The highest BCUT2D eigenvalue weighted by Gasteiger charge is 2.36. The molecule has 7 heteroatoms. The van der Waals surface area contributed by atoms with Gasteiger partial charge in [-0.3, -0.25) is 14.4 Å². The average molecular weight is 422 g/mol. The van der Waals surface area contributed by atoms with Gasteiger partial charge in [-0.2, -0.15) is 5.10 Å². The van der Waals surface area contributed by atoms with Crippen LogP contribution in [0, 0.1) is 6.92 Å². The molecule has 3 aromatic carbocycles. The molecule has 0 atom stereocenters. The molecule has 2 heterocycles. The second kappa shape index (κ2) is 7.63. The van der Waals surface area contributed by atoms with Crippen molar-refractivity contribution in [2.75, 3.05) is 10.2 Å². The third-order valence-electron chi connectivity index (χ3n) is 5.28. The van der Waals surface area contributed by atoms with E-state index in [-0.39, 0.29) is 23.4 Å². The summed E-state index contributed by atoms with van der Waals surface area (Å²) in [6, 6.07) is 24.6. The van der Waals surface area contributed by atoms with Crippen LogP contribution in [0.15, 0.2) is 84.9 Å². The van der Waals surface area contributed by atoms with Gasteiger partial charge in [0, 0.05) is 11.4 Å². The number of carbonyl (C=O) groups is 3. The molecule has 4 aromatic rings. The summed E-state index contributed by atoms with van der Waals surface area (Å²) < 4.78 is 1.70. The lowest BCUT2D eigenvalue weighted by atomic mass is 10.1. The number of aryl methyl sites for hydroxylation is 1. The molecule has 0 unspecified atom stereocenters. The fourth-order valence-corrected chi connectivity index (χ4v) is 3.76. The molecule has 1 aliphatic rings. The summed E-state index contributed by atoms with van der Waals surface area (Å²) in [5, 5.41) is 7.21. The van der Waals surface area contributed by atoms with E-state index in [0.29, 0.717) is 22.5 Å². The fraction of sp³-hybridized carbons (Fsp3) is 0.0400. The molecular weight excluding hydrogens is 404 g/mol. The van der Waals surface area contributed by atoms with Crippen LogP contribution in [-0.4, -0.2) is 27.5 Å². The standard InChI is InChI=1S/C25H18N4O3/c1-16-14-22(27-29(16)18-9-3-2-4-10-18)23(30)26-17-8-7-11-19(15-17)28-24(31)20-12-5-6-13-21(20)25(28)32/h2-15H,1H3,(H,26,30). The van der Waals surface area contributed by atoms with Crippen molar-refractivity contribution in [3.8, 4) is 5.69 Å². The highest BCUT2D eigenvalue weighted by molar-refractivity contribution is 6.34. The molecule has 3 amide bonds. The molecule has 0 fully saturated rings. The molecule has 156 valence electrons. The zero-order chi connectivity index (χ0) is 22.2. The molecule has 0 saturated carbocycles. The van der Waals surface area contributed by atoms with Gasteiger partial charge in [0.05, 0.1) is 22.5 Å². The summed E-state index contributed by atoms with van der Waals surface area (Å²) in [6.07, 6.45) is 0. The van der Waals surface area contributed by atoms with E-state index in [9.17, 15) is 14.4 Å². The van der Waals surface area contributed by atoms with Crippen molar-refractivity contribution in [2.45, 2.75) is 6.92 Å². The number of para-hydroxylation sites is 1. The molecular formula is C25H18N4O3. The van der Waals surface area contributed by atoms with E-state index < -0.39 is 0 Å². The minimum Gasteiger partial charge on any atom is -0.321 e. The highest BCUT2D eigenvalue weighted by atomic mass is 16.2. The SMILES string of the molecule is Cc1cc(C(=O)Nc2cccc(N3C(=O)c4ccccc4C3=O)c2)nn1-c1ccccc1. The summed E-state index contributed by atoms with van der Waals surface area (Å²) in [5.41, 5.74) is 3.52. The van der Waals surface area contributed by atoms with Gasteiger partial charge in [0.1, 0.15) is 0 Å². The maximum Gasteiger partial charge on any atom is 0.276 e. The quantitative estimate of drug-likeness (QED) is 0.499. The van der Waals surface area contributed by atoms with E-state index in [2.05, 4.69) is 10.4 Å². The number of nitrogens with zero attached hydrogens (tertiary/aromatic N) is 3. The molecule has 32 heavy (non-hydrogen) atoms. The number of benzene rings is 3. The van der Waals surface area contributed by atoms with E-state index in [1.54, 1.807) is 59.3 Å². The number of aromatic nitrogens is 2. The van der Waals surface area contributed by atoms with Gasteiger partial charge in [0.25, 0.3) is 17.7 Å². The minimum atomic E-state index is -0.387.